The molecule has 0 aromatic heterocycles. The van der Waals surface area contributed by atoms with E-state index in [1.165, 1.54) is 0 Å². The van der Waals surface area contributed by atoms with E-state index in [9.17, 15) is 4.79 Å². The Morgan fingerprint density at radius 1 is 1.03 bits per heavy atom. The number of carbonyl (C=O) groups is 1. The molecule has 1 atom stereocenters. The Kier molecular flexibility index (Phi) is 6.49. The SMILES string of the molecule is CCOc1cc(C#N)ccc1O[C@H](C(=O)Nc1ccc(C)cc1)c1ccccc1. The van der Waals surface area contributed by atoms with Crippen LogP contribution in [-0.2, 0) is 4.79 Å². The number of benzene rings is 3. The van der Waals surface area contributed by atoms with Crippen molar-refractivity contribution < 1.29 is 14.3 Å². The van der Waals surface area contributed by atoms with Gasteiger partial charge in [-0.15, -0.1) is 0 Å². The first-order valence-electron chi connectivity index (χ1n) is 9.36. The number of aryl methyl sites for hydroxylation is 1. The lowest BCUT2D eigenvalue weighted by Crippen LogP contribution is -2.26. The topological polar surface area (TPSA) is 71.3 Å². The zero-order chi connectivity index (χ0) is 20.6. The molecule has 5 nitrogen and oxygen atoms in total. The normalized spacial score (nSPS) is 11.2. The van der Waals surface area contributed by atoms with Crippen molar-refractivity contribution in [2.45, 2.75) is 20.0 Å². The zero-order valence-corrected chi connectivity index (χ0v) is 16.4. The molecule has 0 saturated heterocycles. The maximum absolute atomic E-state index is 13.1. The Labute approximate surface area is 170 Å². The van der Waals surface area contributed by atoms with Crippen LogP contribution in [0, 0.1) is 18.3 Å². The van der Waals surface area contributed by atoms with Crippen molar-refractivity contribution in [3.05, 3.63) is 89.5 Å². The van der Waals surface area contributed by atoms with Gasteiger partial charge < -0.3 is 14.8 Å². The number of carbonyl (C=O) groups excluding carboxylic acids is 1. The predicted molar refractivity (Wildman–Crippen MR) is 112 cm³/mol. The molecule has 0 spiro atoms. The fourth-order valence-electron chi connectivity index (χ4n) is 2.82. The Balaban J connectivity index is 1.91. The third kappa shape index (κ3) is 5.14. The van der Waals surface area contributed by atoms with Crippen molar-refractivity contribution >= 4 is 11.6 Å². The minimum Gasteiger partial charge on any atom is -0.490 e. The predicted octanol–water partition coefficient (Wildman–Crippen LogP) is 5.02. The fourth-order valence-corrected chi connectivity index (χ4v) is 2.82. The van der Waals surface area contributed by atoms with Crippen molar-refractivity contribution in [3.8, 4) is 17.6 Å². The van der Waals surface area contributed by atoms with Crippen molar-refractivity contribution in [2.75, 3.05) is 11.9 Å². The molecule has 0 bridgehead atoms. The van der Waals surface area contributed by atoms with Gasteiger partial charge in [0.15, 0.2) is 11.5 Å². The summed E-state index contributed by atoms with van der Waals surface area (Å²) in [6, 6.07) is 23.8. The quantitative estimate of drug-likeness (QED) is 0.619. The van der Waals surface area contributed by atoms with Gasteiger partial charge in [0.2, 0.25) is 6.10 Å². The minimum absolute atomic E-state index is 0.299. The van der Waals surface area contributed by atoms with E-state index < -0.39 is 6.10 Å². The molecule has 146 valence electrons. The van der Waals surface area contributed by atoms with Crippen LogP contribution >= 0.6 is 0 Å². The van der Waals surface area contributed by atoms with Gasteiger partial charge in [0.1, 0.15) is 0 Å². The summed E-state index contributed by atoms with van der Waals surface area (Å²) < 4.78 is 11.7. The molecule has 1 amide bonds. The maximum Gasteiger partial charge on any atom is 0.270 e. The summed E-state index contributed by atoms with van der Waals surface area (Å²) >= 11 is 0. The number of amides is 1. The number of anilines is 1. The highest BCUT2D eigenvalue weighted by molar-refractivity contribution is 5.95. The Morgan fingerprint density at radius 2 is 1.76 bits per heavy atom. The summed E-state index contributed by atoms with van der Waals surface area (Å²) in [6.07, 6.45) is -0.885. The lowest BCUT2D eigenvalue weighted by Gasteiger charge is -2.21. The van der Waals surface area contributed by atoms with Gasteiger partial charge in [-0.3, -0.25) is 4.79 Å². The van der Waals surface area contributed by atoms with Crippen LogP contribution in [0.2, 0.25) is 0 Å². The van der Waals surface area contributed by atoms with Crippen molar-refractivity contribution in [1.29, 1.82) is 5.26 Å². The van der Waals surface area contributed by atoms with Gasteiger partial charge in [0.05, 0.1) is 18.2 Å². The van der Waals surface area contributed by atoms with E-state index in [-0.39, 0.29) is 5.91 Å². The van der Waals surface area contributed by atoms with Gasteiger partial charge in [-0.1, -0.05) is 48.0 Å². The number of rotatable bonds is 7. The molecule has 0 fully saturated rings. The second-order valence-corrected chi connectivity index (χ2v) is 6.47. The molecular weight excluding hydrogens is 364 g/mol. The molecule has 0 aliphatic rings. The summed E-state index contributed by atoms with van der Waals surface area (Å²) in [7, 11) is 0. The first-order chi connectivity index (χ1) is 14.1. The molecule has 3 aromatic carbocycles. The van der Waals surface area contributed by atoms with Gasteiger partial charge in [-0.05, 0) is 38.1 Å². The molecule has 0 unspecified atom stereocenters. The van der Waals surface area contributed by atoms with Gasteiger partial charge in [0, 0.05) is 17.3 Å². The third-order valence-corrected chi connectivity index (χ3v) is 4.28. The monoisotopic (exact) mass is 386 g/mol. The number of hydrogen-bond donors (Lipinski definition) is 1. The number of hydrogen-bond acceptors (Lipinski definition) is 4. The van der Waals surface area contributed by atoms with E-state index in [2.05, 4.69) is 11.4 Å². The molecule has 0 radical (unpaired) electrons. The Hall–Kier alpha value is -3.78. The lowest BCUT2D eigenvalue weighted by molar-refractivity contribution is -0.123. The Bertz CT molecular complexity index is 1010. The average molecular weight is 386 g/mol. The van der Waals surface area contributed by atoms with Crippen molar-refractivity contribution in [1.82, 2.24) is 0 Å². The van der Waals surface area contributed by atoms with E-state index >= 15 is 0 Å². The molecule has 3 rings (SSSR count). The summed E-state index contributed by atoms with van der Waals surface area (Å²) in [6.45, 7) is 4.25. The molecule has 1 N–H and O–H groups in total. The average Bonchev–Trinajstić information content (AvgIpc) is 2.75. The molecule has 0 saturated carbocycles. The summed E-state index contributed by atoms with van der Waals surface area (Å²) in [5.41, 5.74) is 2.97. The van der Waals surface area contributed by atoms with E-state index in [4.69, 9.17) is 14.7 Å². The van der Waals surface area contributed by atoms with E-state index in [1.807, 2.05) is 68.4 Å². The van der Waals surface area contributed by atoms with E-state index in [0.29, 0.717) is 34.9 Å². The zero-order valence-electron chi connectivity index (χ0n) is 16.4. The summed E-state index contributed by atoms with van der Waals surface area (Å²) in [5, 5.41) is 12.0. The number of ether oxygens (including phenoxy) is 2. The highest BCUT2D eigenvalue weighted by Gasteiger charge is 2.24. The molecule has 0 aliphatic heterocycles. The molecular formula is C24H22N2O3. The first kappa shape index (κ1) is 20.0. The first-order valence-corrected chi connectivity index (χ1v) is 9.36. The smallest absolute Gasteiger partial charge is 0.270 e. The lowest BCUT2D eigenvalue weighted by atomic mass is 10.1. The maximum atomic E-state index is 13.1. The standard InChI is InChI=1S/C24H22N2O3/c1-3-28-22-15-18(16-25)11-14-21(22)29-23(19-7-5-4-6-8-19)24(27)26-20-12-9-17(2)10-13-20/h4-15,23H,3H2,1-2H3,(H,26,27)/t23-/m0/s1. The van der Waals surface area contributed by atoms with Crippen LogP contribution in [0.4, 0.5) is 5.69 Å². The highest BCUT2D eigenvalue weighted by Crippen LogP contribution is 2.33. The van der Waals surface area contributed by atoms with Gasteiger partial charge in [0.25, 0.3) is 5.91 Å². The molecule has 29 heavy (non-hydrogen) atoms. The van der Waals surface area contributed by atoms with Crippen LogP contribution in [0.1, 0.15) is 29.7 Å². The number of nitrogens with zero attached hydrogens (tertiary/aromatic N) is 1. The van der Waals surface area contributed by atoms with Gasteiger partial charge in [-0.25, -0.2) is 0 Å². The van der Waals surface area contributed by atoms with Crippen LogP contribution in [0.3, 0.4) is 0 Å². The highest BCUT2D eigenvalue weighted by atomic mass is 16.5. The second kappa shape index (κ2) is 9.43. The molecule has 5 heteroatoms. The van der Waals surface area contributed by atoms with E-state index in [0.717, 1.165) is 5.56 Å². The summed E-state index contributed by atoms with van der Waals surface area (Å²) in [4.78, 5) is 13.1. The van der Waals surface area contributed by atoms with Crippen LogP contribution in [0.15, 0.2) is 72.8 Å². The Morgan fingerprint density at radius 3 is 2.41 bits per heavy atom. The molecule has 3 aromatic rings. The van der Waals surface area contributed by atoms with Crippen LogP contribution < -0.4 is 14.8 Å². The fraction of sp³-hybridized carbons (Fsp3) is 0.167. The van der Waals surface area contributed by atoms with Gasteiger partial charge in [-0.2, -0.15) is 5.26 Å². The van der Waals surface area contributed by atoms with Crippen LogP contribution in [0.5, 0.6) is 11.5 Å². The van der Waals surface area contributed by atoms with Gasteiger partial charge >= 0.3 is 0 Å². The molecule has 0 heterocycles. The van der Waals surface area contributed by atoms with Crippen molar-refractivity contribution in [3.63, 3.8) is 0 Å². The second-order valence-electron chi connectivity index (χ2n) is 6.47. The minimum atomic E-state index is -0.885. The van der Waals surface area contributed by atoms with Crippen LogP contribution in [0.25, 0.3) is 0 Å². The van der Waals surface area contributed by atoms with Crippen molar-refractivity contribution in [2.24, 2.45) is 0 Å². The number of nitriles is 1. The van der Waals surface area contributed by atoms with E-state index in [1.54, 1.807) is 18.2 Å². The summed E-state index contributed by atoms with van der Waals surface area (Å²) in [5.74, 6) is 0.529. The third-order valence-electron chi connectivity index (χ3n) is 4.28. The largest absolute Gasteiger partial charge is 0.490 e. The van der Waals surface area contributed by atoms with Crippen LogP contribution in [-0.4, -0.2) is 12.5 Å². The number of nitrogens with one attached hydrogen (secondary N) is 1. The molecule has 0 aliphatic carbocycles.